The van der Waals surface area contributed by atoms with Gasteiger partial charge in [-0.2, -0.15) is 15.1 Å². The van der Waals surface area contributed by atoms with Gasteiger partial charge in [-0.1, -0.05) is 12.0 Å². The van der Waals surface area contributed by atoms with Gasteiger partial charge in [-0.3, -0.25) is 15.0 Å². The van der Waals surface area contributed by atoms with E-state index in [1.807, 2.05) is 29.2 Å². The Morgan fingerprint density at radius 3 is 3.05 bits per heavy atom. The SMILES string of the molecule is C#Cc1cccc2[nH]nc(-c3nccc4c3sc3nc(OC[C@@]56CCCN5C[C@H](F)C6)nc(N5CCOC[C@@](C)(O)C5)c34)c12. The Balaban J connectivity index is 1.29. The van der Waals surface area contributed by atoms with Crippen LogP contribution < -0.4 is 9.64 Å². The van der Waals surface area contributed by atoms with Crippen molar-refractivity contribution in [2.24, 2.45) is 0 Å². The first kappa shape index (κ1) is 27.6. The van der Waals surface area contributed by atoms with Gasteiger partial charge in [-0.15, -0.1) is 17.8 Å². The highest BCUT2D eigenvalue weighted by molar-refractivity contribution is 7.26. The number of terminal acetylenes is 1. The standard InChI is InChI=1S/C32H32FN7O3S/c1-3-19-6-4-7-22-23(19)25(38-37-22)26-27-21(8-10-34-26)24-28(39-12-13-42-17-31(2,41)16-39)35-30(36-29(24)44-27)43-18-32-9-5-11-40(32)15-20(33)14-32/h1,4,6-8,10,20,41H,5,9,11-18H2,2H3,(H,37,38)/t20-,31+,32+/m1/s1. The van der Waals surface area contributed by atoms with Gasteiger partial charge in [-0.05, 0) is 44.5 Å². The van der Waals surface area contributed by atoms with Crippen molar-refractivity contribution in [1.82, 2.24) is 30.0 Å². The molecule has 3 atom stereocenters. The maximum atomic E-state index is 14.5. The van der Waals surface area contributed by atoms with E-state index in [1.165, 1.54) is 11.3 Å². The molecule has 3 aliphatic heterocycles. The molecule has 0 amide bonds. The van der Waals surface area contributed by atoms with Crippen LogP contribution in [-0.2, 0) is 4.74 Å². The molecule has 2 N–H and O–H groups in total. The third-order valence-corrected chi connectivity index (χ3v) is 10.3. The molecule has 7 heterocycles. The van der Waals surface area contributed by atoms with Crippen LogP contribution in [0, 0.1) is 12.3 Å². The van der Waals surface area contributed by atoms with E-state index in [1.54, 1.807) is 13.1 Å². The summed E-state index contributed by atoms with van der Waals surface area (Å²) in [6, 6.07) is 7.94. The van der Waals surface area contributed by atoms with Gasteiger partial charge in [-0.25, -0.2) is 4.39 Å². The van der Waals surface area contributed by atoms with Crippen LogP contribution in [0.25, 0.3) is 42.6 Å². The minimum Gasteiger partial charge on any atom is -0.461 e. The maximum absolute atomic E-state index is 14.5. The smallest absolute Gasteiger partial charge is 0.319 e. The predicted molar refractivity (Wildman–Crippen MR) is 168 cm³/mol. The Hall–Kier alpha value is -3.89. The fourth-order valence-electron chi connectivity index (χ4n) is 7.22. The van der Waals surface area contributed by atoms with E-state index in [9.17, 15) is 9.50 Å². The number of alkyl halides is 1. The number of aromatic nitrogens is 5. The molecular formula is C32H32FN7O3S. The summed E-state index contributed by atoms with van der Waals surface area (Å²) < 4.78 is 27.4. The van der Waals surface area contributed by atoms with Gasteiger partial charge < -0.3 is 19.5 Å². The number of aromatic amines is 1. The lowest BCUT2D eigenvalue weighted by molar-refractivity contribution is -0.0123. The third kappa shape index (κ3) is 4.49. The van der Waals surface area contributed by atoms with Crippen LogP contribution in [0.2, 0.25) is 0 Å². The van der Waals surface area contributed by atoms with Crippen LogP contribution in [0.15, 0.2) is 30.5 Å². The second kappa shape index (κ2) is 10.3. The average molecular weight is 614 g/mol. The monoisotopic (exact) mass is 613 g/mol. The molecule has 12 heteroatoms. The maximum Gasteiger partial charge on any atom is 0.319 e. The number of thiophene rings is 1. The van der Waals surface area contributed by atoms with E-state index in [2.05, 4.69) is 21.0 Å². The van der Waals surface area contributed by atoms with E-state index in [0.29, 0.717) is 56.5 Å². The summed E-state index contributed by atoms with van der Waals surface area (Å²) in [5.74, 6) is 3.44. The highest BCUT2D eigenvalue weighted by atomic mass is 32.1. The van der Waals surface area contributed by atoms with Gasteiger partial charge in [0.2, 0.25) is 0 Å². The van der Waals surface area contributed by atoms with Crippen molar-refractivity contribution in [3.63, 3.8) is 0 Å². The molecule has 0 unspecified atom stereocenters. The Morgan fingerprint density at radius 2 is 2.16 bits per heavy atom. The fourth-order valence-corrected chi connectivity index (χ4v) is 8.37. The second-order valence-corrected chi connectivity index (χ2v) is 13.4. The Morgan fingerprint density at radius 1 is 1.25 bits per heavy atom. The largest absolute Gasteiger partial charge is 0.461 e. The minimum absolute atomic E-state index is 0.228. The first-order valence-electron chi connectivity index (χ1n) is 14.9. The predicted octanol–water partition coefficient (Wildman–Crippen LogP) is 4.31. The number of ether oxygens (including phenoxy) is 2. The number of halogens is 1. The van der Waals surface area contributed by atoms with Gasteiger partial charge >= 0.3 is 6.01 Å². The van der Waals surface area contributed by atoms with Gasteiger partial charge in [0.15, 0.2) is 0 Å². The van der Waals surface area contributed by atoms with Gasteiger partial charge in [0, 0.05) is 42.0 Å². The summed E-state index contributed by atoms with van der Waals surface area (Å²) in [4.78, 5) is 19.6. The number of fused-ring (bicyclic) bond motifs is 5. The number of hydrogen-bond acceptors (Lipinski definition) is 10. The number of β-amino-alcohol motifs (C(OH)–C–C–N with tert-alkyl or cyclic N) is 1. The zero-order chi connectivity index (χ0) is 30.1. The van der Waals surface area contributed by atoms with E-state index in [-0.39, 0.29) is 18.2 Å². The molecule has 3 aliphatic rings. The van der Waals surface area contributed by atoms with Crippen LogP contribution >= 0.6 is 11.3 Å². The van der Waals surface area contributed by atoms with Crippen LogP contribution in [0.5, 0.6) is 6.01 Å². The molecule has 3 fully saturated rings. The molecule has 10 nitrogen and oxygen atoms in total. The number of nitrogens with one attached hydrogen (secondary N) is 1. The van der Waals surface area contributed by atoms with Crippen LogP contribution in [0.3, 0.4) is 0 Å². The van der Waals surface area contributed by atoms with Crippen molar-refractivity contribution < 1.29 is 19.0 Å². The van der Waals surface area contributed by atoms with Gasteiger partial charge in [0.05, 0.1) is 40.9 Å². The molecule has 44 heavy (non-hydrogen) atoms. The zero-order valence-corrected chi connectivity index (χ0v) is 25.2. The summed E-state index contributed by atoms with van der Waals surface area (Å²) >= 11 is 1.49. The van der Waals surface area contributed by atoms with Crippen molar-refractivity contribution in [1.29, 1.82) is 0 Å². The van der Waals surface area contributed by atoms with Gasteiger partial charge in [0.1, 0.15) is 40.4 Å². The van der Waals surface area contributed by atoms with Gasteiger partial charge in [0.25, 0.3) is 0 Å². The number of nitrogens with zero attached hydrogens (tertiary/aromatic N) is 6. The first-order valence-corrected chi connectivity index (χ1v) is 15.8. The number of pyridine rings is 1. The van der Waals surface area contributed by atoms with Crippen molar-refractivity contribution in [3.05, 3.63) is 36.0 Å². The molecule has 4 aromatic heterocycles. The summed E-state index contributed by atoms with van der Waals surface area (Å²) in [6.07, 6.45) is 9.16. The van der Waals surface area contributed by atoms with Crippen LogP contribution in [-0.4, -0.2) is 98.5 Å². The molecular weight excluding hydrogens is 581 g/mol. The average Bonchev–Trinajstić information content (AvgIpc) is 3.74. The Bertz CT molecular complexity index is 1950. The van der Waals surface area contributed by atoms with Crippen molar-refractivity contribution in [2.45, 2.75) is 43.5 Å². The van der Waals surface area contributed by atoms with Crippen LogP contribution in [0.4, 0.5) is 10.2 Å². The lowest BCUT2D eigenvalue weighted by Crippen LogP contribution is -2.43. The fraction of sp³-hybridized carbons (Fsp3) is 0.438. The summed E-state index contributed by atoms with van der Waals surface area (Å²) in [6.45, 7) is 4.95. The van der Waals surface area contributed by atoms with Crippen molar-refractivity contribution >= 4 is 48.4 Å². The molecule has 0 spiro atoms. The molecule has 1 aromatic carbocycles. The highest BCUT2D eigenvalue weighted by Crippen LogP contribution is 2.44. The second-order valence-electron chi connectivity index (χ2n) is 12.4. The van der Waals surface area contributed by atoms with Crippen molar-refractivity contribution in [3.8, 4) is 29.7 Å². The number of aliphatic hydroxyl groups is 1. The Labute approximate surface area is 257 Å². The molecule has 8 rings (SSSR count). The number of benzene rings is 1. The number of H-pyrrole nitrogens is 1. The summed E-state index contributed by atoms with van der Waals surface area (Å²) in [5, 5.41) is 21.4. The zero-order valence-electron chi connectivity index (χ0n) is 24.3. The summed E-state index contributed by atoms with van der Waals surface area (Å²) in [5.41, 5.74) is 1.53. The summed E-state index contributed by atoms with van der Waals surface area (Å²) in [7, 11) is 0. The highest BCUT2D eigenvalue weighted by Gasteiger charge is 2.49. The van der Waals surface area contributed by atoms with E-state index >= 15 is 0 Å². The Kier molecular flexibility index (Phi) is 6.50. The quantitative estimate of drug-likeness (QED) is 0.280. The topological polar surface area (TPSA) is 113 Å². The number of anilines is 1. The number of hydrogen-bond donors (Lipinski definition) is 2. The normalized spacial score (nSPS) is 26.0. The molecule has 5 aromatic rings. The molecule has 3 saturated heterocycles. The number of rotatable bonds is 5. The molecule has 0 bridgehead atoms. The third-order valence-electron chi connectivity index (χ3n) is 9.16. The lowest BCUT2D eigenvalue weighted by atomic mass is 9.95. The first-order chi connectivity index (χ1) is 21.3. The minimum atomic E-state index is -1.07. The van der Waals surface area contributed by atoms with E-state index in [0.717, 1.165) is 56.2 Å². The van der Waals surface area contributed by atoms with E-state index < -0.39 is 11.8 Å². The van der Waals surface area contributed by atoms with Crippen LogP contribution in [0.1, 0.15) is 31.7 Å². The lowest BCUT2D eigenvalue weighted by Gasteiger charge is -2.31. The van der Waals surface area contributed by atoms with Crippen molar-refractivity contribution in [2.75, 3.05) is 50.9 Å². The van der Waals surface area contributed by atoms with E-state index in [4.69, 9.17) is 30.8 Å². The molecule has 226 valence electrons. The molecule has 0 radical (unpaired) electrons. The molecule has 0 aliphatic carbocycles. The molecule has 0 saturated carbocycles.